The summed E-state index contributed by atoms with van der Waals surface area (Å²) in [6.07, 6.45) is 1.65. The molecule has 19 heavy (non-hydrogen) atoms. The summed E-state index contributed by atoms with van der Waals surface area (Å²) in [5.41, 5.74) is 5.31. The van der Waals surface area contributed by atoms with Crippen molar-refractivity contribution in [1.29, 1.82) is 0 Å². The van der Waals surface area contributed by atoms with Gasteiger partial charge in [-0.25, -0.2) is 4.79 Å². The van der Waals surface area contributed by atoms with E-state index >= 15 is 0 Å². The Labute approximate surface area is 111 Å². The van der Waals surface area contributed by atoms with Crippen LogP contribution in [0, 0.1) is 5.92 Å². The van der Waals surface area contributed by atoms with E-state index in [1.807, 2.05) is 6.07 Å². The predicted octanol–water partition coefficient (Wildman–Crippen LogP) is 1.06. The summed E-state index contributed by atoms with van der Waals surface area (Å²) in [5, 5.41) is 11.9. The highest BCUT2D eigenvalue weighted by Gasteiger charge is 2.49. The molecule has 0 radical (unpaired) electrons. The molecule has 5 nitrogen and oxygen atoms in total. The third-order valence-electron chi connectivity index (χ3n) is 3.66. The van der Waals surface area contributed by atoms with Crippen molar-refractivity contribution in [3.8, 4) is 0 Å². The Hall–Kier alpha value is -1.88. The van der Waals surface area contributed by atoms with E-state index in [1.54, 1.807) is 31.2 Å². The number of hydrogen-bond donors (Lipinski definition) is 3. The van der Waals surface area contributed by atoms with Crippen LogP contribution >= 0.6 is 0 Å². The van der Waals surface area contributed by atoms with E-state index in [4.69, 9.17) is 5.73 Å². The standard InChI is InChI=1S/C14H18N2O3/c1-14(13(18)19,10-7-8-10)16-12(17)11(15)9-5-3-2-4-6-9/h2-6,10-11H,7-8,15H2,1H3,(H,16,17)(H,18,19)/t11-,14?/m1/s1. The smallest absolute Gasteiger partial charge is 0.329 e. The molecule has 5 heteroatoms. The van der Waals surface area contributed by atoms with E-state index in [0.29, 0.717) is 5.56 Å². The number of carboxylic acids is 1. The van der Waals surface area contributed by atoms with Crippen LogP contribution in [0.3, 0.4) is 0 Å². The number of benzene rings is 1. The van der Waals surface area contributed by atoms with Gasteiger partial charge in [-0.2, -0.15) is 0 Å². The summed E-state index contributed by atoms with van der Waals surface area (Å²) < 4.78 is 0. The summed E-state index contributed by atoms with van der Waals surface area (Å²) in [5.74, 6) is -1.47. The number of nitrogens with one attached hydrogen (secondary N) is 1. The number of amides is 1. The maximum absolute atomic E-state index is 12.1. The van der Waals surface area contributed by atoms with Gasteiger partial charge in [-0.1, -0.05) is 30.3 Å². The number of carbonyl (C=O) groups excluding carboxylic acids is 1. The average Bonchev–Trinajstić information content (AvgIpc) is 3.23. The van der Waals surface area contributed by atoms with Crippen LogP contribution in [0.2, 0.25) is 0 Å². The first-order valence-electron chi connectivity index (χ1n) is 6.31. The van der Waals surface area contributed by atoms with Crippen LogP contribution < -0.4 is 11.1 Å². The summed E-state index contributed by atoms with van der Waals surface area (Å²) >= 11 is 0. The first-order valence-corrected chi connectivity index (χ1v) is 6.31. The number of rotatable bonds is 5. The molecule has 1 amide bonds. The first kappa shape index (κ1) is 13.5. The molecular weight excluding hydrogens is 244 g/mol. The number of aliphatic carboxylic acids is 1. The third-order valence-corrected chi connectivity index (χ3v) is 3.66. The monoisotopic (exact) mass is 262 g/mol. The highest BCUT2D eigenvalue weighted by atomic mass is 16.4. The van der Waals surface area contributed by atoms with Crippen molar-refractivity contribution in [3.05, 3.63) is 35.9 Å². The topological polar surface area (TPSA) is 92.4 Å². The largest absolute Gasteiger partial charge is 0.480 e. The zero-order chi connectivity index (χ0) is 14.0. The van der Waals surface area contributed by atoms with Gasteiger partial charge in [0.25, 0.3) is 0 Å². The average molecular weight is 262 g/mol. The summed E-state index contributed by atoms with van der Waals surface area (Å²) in [6.45, 7) is 1.54. The lowest BCUT2D eigenvalue weighted by Crippen LogP contribution is -2.56. The summed E-state index contributed by atoms with van der Waals surface area (Å²) in [4.78, 5) is 23.4. The van der Waals surface area contributed by atoms with Gasteiger partial charge in [-0.15, -0.1) is 0 Å². The SMILES string of the molecule is CC(NC(=O)[C@H](N)c1ccccc1)(C(=O)O)C1CC1. The second-order valence-corrected chi connectivity index (χ2v) is 5.16. The molecule has 1 fully saturated rings. The number of hydrogen-bond acceptors (Lipinski definition) is 3. The second kappa shape index (κ2) is 5.01. The Bertz CT molecular complexity index is 485. The van der Waals surface area contributed by atoms with E-state index in [0.717, 1.165) is 12.8 Å². The molecule has 0 bridgehead atoms. The van der Waals surface area contributed by atoms with E-state index in [1.165, 1.54) is 0 Å². The van der Waals surface area contributed by atoms with E-state index in [9.17, 15) is 14.7 Å². The van der Waals surface area contributed by atoms with Crippen molar-refractivity contribution in [2.24, 2.45) is 11.7 Å². The van der Waals surface area contributed by atoms with Gasteiger partial charge in [-0.3, -0.25) is 4.79 Å². The van der Waals surface area contributed by atoms with Crippen LogP contribution in [0.1, 0.15) is 31.4 Å². The molecule has 0 saturated heterocycles. The van der Waals surface area contributed by atoms with Crippen molar-refractivity contribution < 1.29 is 14.7 Å². The highest BCUT2D eigenvalue weighted by Crippen LogP contribution is 2.39. The molecule has 4 N–H and O–H groups in total. The van der Waals surface area contributed by atoms with Crippen molar-refractivity contribution in [2.75, 3.05) is 0 Å². The Morgan fingerprint density at radius 1 is 1.37 bits per heavy atom. The predicted molar refractivity (Wildman–Crippen MR) is 70.3 cm³/mol. The summed E-state index contributed by atoms with van der Waals surface area (Å²) in [6, 6.07) is 8.07. The third kappa shape index (κ3) is 2.76. The zero-order valence-electron chi connectivity index (χ0n) is 10.8. The van der Waals surface area contributed by atoms with E-state index < -0.39 is 23.5 Å². The normalized spacial score (nSPS) is 19.3. The molecular formula is C14H18N2O3. The van der Waals surface area contributed by atoms with Crippen LogP contribution in [0.25, 0.3) is 0 Å². The van der Waals surface area contributed by atoms with Gasteiger partial charge < -0.3 is 16.2 Å². The zero-order valence-corrected chi connectivity index (χ0v) is 10.8. The van der Waals surface area contributed by atoms with Crippen molar-refractivity contribution in [3.63, 3.8) is 0 Å². The lowest BCUT2D eigenvalue weighted by molar-refractivity contribution is -0.148. The molecule has 1 unspecified atom stereocenters. The minimum atomic E-state index is -1.22. The van der Waals surface area contributed by atoms with Crippen molar-refractivity contribution in [1.82, 2.24) is 5.32 Å². The number of carboxylic acid groups (broad SMARTS) is 1. The van der Waals surface area contributed by atoms with Gasteiger partial charge in [0.1, 0.15) is 11.6 Å². The maximum Gasteiger partial charge on any atom is 0.329 e. The van der Waals surface area contributed by atoms with Gasteiger partial charge in [0.05, 0.1) is 0 Å². The molecule has 1 aromatic carbocycles. The van der Waals surface area contributed by atoms with Crippen LogP contribution in [-0.2, 0) is 9.59 Å². The van der Waals surface area contributed by atoms with Crippen molar-refractivity contribution >= 4 is 11.9 Å². The molecule has 1 aliphatic rings. The van der Waals surface area contributed by atoms with Gasteiger partial charge in [0, 0.05) is 0 Å². The molecule has 0 spiro atoms. The van der Waals surface area contributed by atoms with Crippen LogP contribution in [0.5, 0.6) is 0 Å². The molecule has 1 aliphatic carbocycles. The van der Waals surface area contributed by atoms with E-state index in [2.05, 4.69) is 5.32 Å². The number of carbonyl (C=O) groups is 2. The highest BCUT2D eigenvalue weighted by molar-refractivity contribution is 5.90. The lowest BCUT2D eigenvalue weighted by atomic mass is 9.95. The van der Waals surface area contributed by atoms with Crippen LogP contribution in [0.15, 0.2) is 30.3 Å². The fraction of sp³-hybridized carbons (Fsp3) is 0.429. The molecule has 0 aromatic heterocycles. The Balaban J connectivity index is 2.10. The molecule has 0 heterocycles. The Kier molecular flexibility index (Phi) is 3.57. The lowest BCUT2D eigenvalue weighted by Gasteiger charge is -2.27. The number of nitrogens with two attached hydrogens (primary N) is 1. The fourth-order valence-electron chi connectivity index (χ4n) is 2.14. The van der Waals surface area contributed by atoms with Gasteiger partial charge in [0.2, 0.25) is 5.91 Å². The minimum Gasteiger partial charge on any atom is -0.480 e. The minimum absolute atomic E-state index is 0.00285. The van der Waals surface area contributed by atoms with Crippen LogP contribution in [0.4, 0.5) is 0 Å². The molecule has 102 valence electrons. The molecule has 1 aromatic rings. The second-order valence-electron chi connectivity index (χ2n) is 5.16. The Morgan fingerprint density at radius 2 is 1.95 bits per heavy atom. The molecule has 0 aliphatic heterocycles. The first-order chi connectivity index (χ1) is 8.95. The summed E-state index contributed by atoms with van der Waals surface area (Å²) in [7, 11) is 0. The molecule has 2 atom stereocenters. The van der Waals surface area contributed by atoms with Gasteiger partial charge in [0.15, 0.2) is 0 Å². The van der Waals surface area contributed by atoms with Crippen LogP contribution in [-0.4, -0.2) is 22.5 Å². The Morgan fingerprint density at radius 3 is 2.42 bits per heavy atom. The maximum atomic E-state index is 12.1. The van der Waals surface area contributed by atoms with Crippen molar-refractivity contribution in [2.45, 2.75) is 31.3 Å². The van der Waals surface area contributed by atoms with Gasteiger partial charge >= 0.3 is 5.97 Å². The van der Waals surface area contributed by atoms with Gasteiger partial charge in [-0.05, 0) is 31.2 Å². The fourth-order valence-corrected chi connectivity index (χ4v) is 2.14. The quantitative estimate of drug-likeness (QED) is 0.739. The molecule has 1 saturated carbocycles. The molecule has 2 rings (SSSR count). The van der Waals surface area contributed by atoms with E-state index in [-0.39, 0.29) is 5.92 Å².